The van der Waals surface area contributed by atoms with Crippen LogP contribution in [-0.4, -0.2) is 35.2 Å². The van der Waals surface area contributed by atoms with Gasteiger partial charge in [0, 0.05) is 18.1 Å². The number of ether oxygens (including phenoxy) is 1. The van der Waals surface area contributed by atoms with Gasteiger partial charge in [-0.3, -0.25) is 4.90 Å². The first kappa shape index (κ1) is 17.0. The zero-order valence-electron chi connectivity index (χ0n) is 14.8. The second-order valence-corrected chi connectivity index (χ2v) is 9.37. The Hall–Kier alpha value is -0.0800. The first-order valence-electron chi connectivity index (χ1n) is 7.67. The van der Waals surface area contributed by atoms with E-state index in [0.29, 0.717) is 12.1 Å². The summed E-state index contributed by atoms with van der Waals surface area (Å²) in [6.07, 6.45) is 0.581. The quantitative estimate of drug-likeness (QED) is 0.649. The predicted octanol–water partition coefficient (Wildman–Crippen LogP) is 4.34. The molecule has 1 heterocycles. The molecule has 0 spiro atoms. The second-order valence-electron chi connectivity index (χ2n) is 9.37. The Balaban J connectivity index is 3.23. The molecule has 0 aliphatic carbocycles. The van der Waals surface area contributed by atoms with Crippen LogP contribution in [0.3, 0.4) is 0 Å². The lowest BCUT2D eigenvalue weighted by atomic mass is 9.71. The Bertz CT molecular complexity index is 279. The molecule has 0 radical (unpaired) electrons. The first-order chi connectivity index (χ1) is 8.24. The number of hydrogen-bond donors (Lipinski definition) is 0. The average Bonchev–Trinajstić information content (AvgIpc) is 2.11. The summed E-state index contributed by atoms with van der Waals surface area (Å²) in [5, 5.41) is 0. The molecule has 0 amide bonds. The van der Waals surface area contributed by atoms with Gasteiger partial charge in [0.15, 0.2) is 0 Å². The first-order valence-corrected chi connectivity index (χ1v) is 7.67. The molecule has 1 fully saturated rings. The third kappa shape index (κ3) is 3.95. The van der Waals surface area contributed by atoms with Gasteiger partial charge >= 0.3 is 0 Å². The Morgan fingerprint density at radius 2 is 1.32 bits per heavy atom. The molecule has 1 aliphatic rings. The lowest BCUT2D eigenvalue weighted by Gasteiger charge is -2.57. The highest BCUT2D eigenvalue weighted by Gasteiger charge is 2.49. The maximum absolute atomic E-state index is 6.37. The van der Waals surface area contributed by atoms with Crippen molar-refractivity contribution in [3.8, 4) is 0 Å². The molecule has 0 bridgehead atoms. The normalized spacial score (nSPS) is 31.6. The lowest BCUT2D eigenvalue weighted by molar-refractivity contribution is -0.195. The topological polar surface area (TPSA) is 12.5 Å². The van der Waals surface area contributed by atoms with Crippen molar-refractivity contribution in [2.24, 2.45) is 10.8 Å². The van der Waals surface area contributed by atoms with Crippen molar-refractivity contribution < 1.29 is 4.74 Å². The number of morpholine rings is 1. The maximum atomic E-state index is 6.37. The SMILES string of the molecule is CC1CN(C(C)(C)C)C(C(C)(C)C)C(C(C)(C)C)O1. The van der Waals surface area contributed by atoms with Crippen LogP contribution in [0.5, 0.6) is 0 Å². The summed E-state index contributed by atoms with van der Waals surface area (Å²) >= 11 is 0. The minimum absolute atomic E-state index is 0.163. The van der Waals surface area contributed by atoms with Gasteiger partial charge in [-0.05, 0) is 38.5 Å². The van der Waals surface area contributed by atoms with Gasteiger partial charge in [-0.15, -0.1) is 0 Å². The molecule has 2 heteroatoms. The van der Waals surface area contributed by atoms with Crippen LogP contribution >= 0.6 is 0 Å². The van der Waals surface area contributed by atoms with Crippen LogP contribution in [0.25, 0.3) is 0 Å². The molecule has 1 rings (SSSR count). The van der Waals surface area contributed by atoms with E-state index in [-0.39, 0.29) is 22.5 Å². The minimum Gasteiger partial charge on any atom is -0.372 e. The van der Waals surface area contributed by atoms with E-state index in [4.69, 9.17) is 4.74 Å². The van der Waals surface area contributed by atoms with Crippen LogP contribution < -0.4 is 0 Å². The van der Waals surface area contributed by atoms with Crippen molar-refractivity contribution in [1.29, 1.82) is 0 Å². The Labute approximate surface area is 120 Å². The van der Waals surface area contributed by atoms with Crippen molar-refractivity contribution in [3.05, 3.63) is 0 Å². The Morgan fingerprint density at radius 1 is 0.842 bits per heavy atom. The van der Waals surface area contributed by atoms with Crippen LogP contribution in [0.1, 0.15) is 69.2 Å². The summed E-state index contributed by atoms with van der Waals surface area (Å²) in [6.45, 7) is 24.1. The van der Waals surface area contributed by atoms with Gasteiger partial charge in [-0.1, -0.05) is 41.5 Å². The van der Waals surface area contributed by atoms with E-state index < -0.39 is 0 Å². The van der Waals surface area contributed by atoms with Crippen molar-refractivity contribution in [2.45, 2.75) is 93.0 Å². The summed E-state index contributed by atoms with van der Waals surface area (Å²) in [6, 6.07) is 0.448. The molecule has 0 saturated carbocycles. The van der Waals surface area contributed by atoms with Gasteiger partial charge in [0.1, 0.15) is 0 Å². The molecule has 114 valence electrons. The van der Waals surface area contributed by atoms with Crippen molar-refractivity contribution >= 4 is 0 Å². The van der Waals surface area contributed by atoms with Gasteiger partial charge < -0.3 is 4.74 Å². The summed E-state index contributed by atoms with van der Waals surface area (Å²) in [5.74, 6) is 0. The average molecular weight is 269 g/mol. The molecule has 2 nitrogen and oxygen atoms in total. The zero-order chi connectivity index (χ0) is 15.2. The van der Waals surface area contributed by atoms with Gasteiger partial charge in [-0.25, -0.2) is 0 Å². The van der Waals surface area contributed by atoms with Gasteiger partial charge in [0.2, 0.25) is 0 Å². The van der Waals surface area contributed by atoms with E-state index in [1.165, 1.54) is 0 Å². The van der Waals surface area contributed by atoms with Gasteiger partial charge in [-0.2, -0.15) is 0 Å². The van der Waals surface area contributed by atoms with Crippen LogP contribution in [0, 0.1) is 10.8 Å². The summed E-state index contributed by atoms with van der Waals surface area (Å²) in [7, 11) is 0. The molecule has 3 atom stereocenters. The monoisotopic (exact) mass is 269 g/mol. The molecular weight excluding hydrogens is 234 g/mol. The molecule has 3 unspecified atom stereocenters. The molecule has 1 saturated heterocycles. The Kier molecular flexibility index (Phi) is 4.50. The van der Waals surface area contributed by atoms with Crippen LogP contribution in [0.2, 0.25) is 0 Å². The van der Waals surface area contributed by atoms with E-state index in [9.17, 15) is 0 Å². The molecule has 0 aromatic carbocycles. The smallest absolute Gasteiger partial charge is 0.0787 e. The van der Waals surface area contributed by atoms with Crippen LogP contribution in [0.4, 0.5) is 0 Å². The maximum Gasteiger partial charge on any atom is 0.0787 e. The molecule has 0 aromatic rings. The highest BCUT2D eigenvalue weighted by atomic mass is 16.5. The molecule has 0 N–H and O–H groups in total. The molecule has 19 heavy (non-hydrogen) atoms. The summed E-state index contributed by atoms with van der Waals surface area (Å²) in [5.41, 5.74) is 0.557. The van der Waals surface area contributed by atoms with E-state index in [2.05, 4.69) is 74.1 Å². The van der Waals surface area contributed by atoms with E-state index in [0.717, 1.165) is 6.54 Å². The third-order valence-corrected chi connectivity index (χ3v) is 4.06. The zero-order valence-corrected chi connectivity index (χ0v) is 14.8. The third-order valence-electron chi connectivity index (χ3n) is 4.06. The number of rotatable bonds is 0. The summed E-state index contributed by atoms with van der Waals surface area (Å²) in [4.78, 5) is 2.66. The highest BCUT2D eigenvalue weighted by molar-refractivity contribution is 5.01. The van der Waals surface area contributed by atoms with Gasteiger partial charge in [0.05, 0.1) is 12.2 Å². The molecular formula is C17H35NO. The minimum atomic E-state index is 0.163. The van der Waals surface area contributed by atoms with Crippen LogP contribution in [-0.2, 0) is 4.74 Å². The van der Waals surface area contributed by atoms with Gasteiger partial charge in [0.25, 0.3) is 0 Å². The highest BCUT2D eigenvalue weighted by Crippen LogP contribution is 2.42. The van der Waals surface area contributed by atoms with E-state index in [1.807, 2.05) is 0 Å². The standard InChI is InChI=1S/C17H35NO/c1-12-11-18(17(8,9)10)13(15(2,3)4)14(19-12)16(5,6)7/h12-14H,11H2,1-10H3. The molecule has 0 aromatic heterocycles. The molecule has 1 aliphatic heterocycles. The largest absolute Gasteiger partial charge is 0.372 e. The number of nitrogens with zero attached hydrogens (tertiary/aromatic N) is 1. The number of hydrogen-bond acceptors (Lipinski definition) is 2. The summed E-state index contributed by atoms with van der Waals surface area (Å²) < 4.78 is 6.37. The fourth-order valence-corrected chi connectivity index (χ4v) is 3.21. The fourth-order valence-electron chi connectivity index (χ4n) is 3.21. The Morgan fingerprint density at radius 3 is 1.63 bits per heavy atom. The fraction of sp³-hybridized carbons (Fsp3) is 1.00. The second kappa shape index (κ2) is 5.04. The van der Waals surface area contributed by atoms with E-state index in [1.54, 1.807) is 0 Å². The van der Waals surface area contributed by atoms with Crippen molar-refractivity contribution in [3.63, 3.8) is 0 Å². The van der Waals surface area contributed by atoms with Crippen LogP contribution in [0.15, 0.2) is 0 Å². The predicted molar refractivity (Wildman–Crippen MR) is 83.5 cm³/mol. The lowest BCUT2D eigenvalue weighted by Crippen LogP contribution is -2.67. The van der Waals surface area contributed by atoms with E-state index >= 15 is 0 Å². The van der Waals surface area contributed by atoms with Crippen molar-refractivity contribution in [2.75, 3.05) is 6.54 Å². The van der Waals surface area contributed by atoms with Crippen molar-refractivity contribution in [1.82, 2.24) is 4.90 Å².